The van der Waals surface area contributed by atoms with Gasteiger partial charge in [-0.05, 0) is 54.8 Å². The van der Waals surface area contributed by atoms with Crippen molar-refractivity contribution >= 4 is 22.6 Å². The van der Waals surface area contributed by atoms with Gasteiger partial charge in [0.15, 0.2) is 0 Å². The van der Waals surface area contributed by atoms with Crippen LogP contribution in [0.4, 0.5) is 8.78 Å². The Kier molecular flexibility index (Phi) is 7.26. The van der Waals surface area contributed by atoms with Crippen molar-refractivity contribution in [2.24, 2.45) is 0 Å². The maximum absolute atomic E-state index is 15.4. The van der Waals surface area contributed by atoms with E-state index in [1.165, 1.54) is 12.1 Å². The van der Waals surface area contributed by atoms with Crippen LogP contribution in [0.15, 0.2) is 78.9 Å². The van der Waals surface area contributed by atoms with Gasteiger partial charge in [-0.25, -0.2) is 18.7 Å². The predicted octanol–water partition coefficient (Wildman–Crippen LogP) is 7.38. The molecule has 5 aromatic rings. The molecule has 1 aliphatic heterocycles. The van der Waals surface area contributed by atoms with Gasteiger partial charge in [-0.1, -0.05) is 48.0 Å². The summed E-state index contributed by atoms with van der Waals surface area (Å²) < 4.78 is 43.2. The van der Waals surface area contributed by atoms with Crippen LogP contribution in [-0.4, -0.2) is 27.2 Å². The van der Waals surface area contributed by atoms with Gasteiger partial charge in [0.1, 0.15) is 24.1 Å². The lowest BCUT2D eigenvalue weighted by Gasteiger charge is -2.15. The van der Waals surface area contributed by atoms with E-state index in [0.717, 1.165) is 36.3 Å². The number of halogens is 3. The van der Waals surface area contributed by atoms with Crippen molar-refractivity contribution in [1.82, 2.24) is 14.5 Å². The minimum absolute atomic E-state index is 0.000345. The summed E-state index contributed by atoms with van der Waals surface area (Å²) in [4.78, 5) is 9.31. The first-order valence-electron chi connectivity index (χ1n) is 12.9. The van der Waals surface area contributed by atoms with E-state index in [2.05, 4.69) is 9.55 Å². The van der Waals surface area contributed by atoms with E-state index in [4.69, 9.17) is 26.1 Å². The number of rotatable bonds is 8. The molecule has 1 aliphatic rings. The van der Waals surface area contributed by atoms with Gasteiger partial charge in [-0.3, -0.25) is 0 Å². The Bertz CT molecular complexity index is 1630. The van der Waals surface area contributed by atoms with E-state index in [-0.39, 0.29) is 18.5 Å². The number of nitrogens with zero attached hydrogens (tertiary/aromatic N) is 3. The molecule has 3 aromatic carbocycles. The molecular formula is C31H26ClF2N3O2. The number of benzene rings is 3. The van der Waals surface area contributed by atoms with Crippen LogP contribution in [0, 0.1) is 11.6 Å². The molecule has 0 saturated carbocycles. The van der Waals surface area contributed by atoms with Crippen LogP contribution >= 0.6 is 11.6 Å². The summed E-state index contributed by atoms with van der Waals surface area (Å²) in [6.45, 7) is 1.48. The van der Waals surface area contributed by atoms with Crippen LogP contribution in [0.2, 0.25) is 5.02 Å². The number of aromatic nitrogens is 3. The summed E-state index contributed by atoms with van der Waals surface area (Å²) >= 11 is 5.82. The Morgan fingerprint density at radius 2 is 1.77 bits per heavy atom. The summed E-state index contributed by atoms with van der Waals surface area (Å²) in [5, 5.41) is 0.321. The Morgan fingerprint density at radius 1 is 0.923 bits per heavy atom. The maximum atomic E-state index is 15.4. The molecule has 0 N–H and O–H groups in total. The molecule has 0 radical (unpaired) electrons. The highest BCUT2D eigenvalue weighted by Gasteiger charge is 2.20. The van der Waals surface area contributed by atoms with Gasteiger partial charge < -0.3 is 14.0 Å². The lowest BCUT2D eigenvalue weighted by Crippen LogP contribution is -2.17. The molecule has 5 nitrogen and oxygen atoms in total. The fourth-order valence-electron chi connectivity index (χ4n) is 4.92. The van der Waals surface area contributed by atoms with Gasteiger partial charge in [-0.15, -0.1) is 0 Å². The van der Waals surface area contributed by atoms with E-state index in [9.17, 15) is 4.39 Å². The molecule has 0 bridgehead atoms. The fraction of sp³-hybridized carbons (Fsp3) is 0.226. The van der Waals surface area contributed by atoms with Gasteiger partial charge in [0, 0.05) is 35.2 Å². The third kappa shape index (κ3) is 5.65. The van der Waals surface area contributed by atoms with Crippen LogP contribution in [-0.2, 0) is 24.3 Å². The molecule has 198 valence electrons. The summed E-state index contributed by atoms with van der Waals surface area (Å²) in [6, 6.07) is 22.7. The number of hydrogen-bond donors (Lipinski definition) is 0. The molecule has 0 aliphatic carbocycles. The van der Waals surface area contributed by atoms with Crippen molar-refractivity contribution < 1.29 is 18.3 Å². The van der Waals surface area contributed by atoms with Crippen LogP contribution in [0.1, 0.15) is 29.8 Å². The van der Waals surface area contributed by atoms with E-state index in [0.29, 0.717) is 46.3 Å². The molecule has 39 heavy (non-hydrogen) atoms. The average Bonchev–Trinajstić information content (AvgIpc) is 3.58. The van der Waals surface area contributed by atoms with Crippen molar-refractivity contribution in [2.75, 3.05) is 6.61 Å². The number of imidazole rings is 1. The summed E-state index contributed by atoms with van der Waals surface area (Å²) in [5.41, 5.74) is 4.01. The van der Waals surface area contributed by atoms with E-state index in [1.54, 1.807) is 36.4 Å². The van der Waals surface area contributed by atoms with Gasteiger partial charge in [-0.2, -0.15) is 0 Å². The molecule has 0 spiro atoms. The zero-order valence-corrected chi connectivity index (χ0v) is 21.9. The van der Waals surface area contributed by atoms with E-state index < -0.39 is 5.82 Å². The Hall–Kier alpha value is -3.81. The van der Waals surface area contributed by atoms with Crippen LogP contribution < -0.4 is 4.74 Å². The number of pyridine rings is 1. The molecule has 0 amide bonds. The summed E-state index contributed by atoms with van der Waals surface area (Å²) in [5.74, 6) is 0.343. The zero-order chi connectivity index (χ0) is 26.8. The second kappa shape index (κ2) is 11.1. The Balaban J connectivity index is 1.21. The second-order valence-electron chi connectivity index (χ2n) is 9.63. The SMILES string of the molecule is Fc1cc(Cl)ccc1COc1cccc(-c2ccc(Cc3nc4ccccc4n3CC3CCCO3)c(F)c2)n1. The minimum atomic E-state index is -0.444. The maximum Gasteiger partial charge on any atom is 0.214 e. The third-order valence-corrected chi connectivity index (χ3v) is 7.19. The number of para-hydroxylation sites is 2. The zero-order valence-electron chi connectivity index (χ0n) is 21.1. The Morgan fingerprint density at radius 3 is 2.59 bits per heavy atom. The number of hydrogen-bond acceptors (Lipinski definition) is 4. The molecule has 1 unspecified atom stereocenters. The minimum Gasteiger partial charge on any atom is -0.473 e. The van der Waals surface area contributed by atoms with Crippen LogP contribution in [0.3, 0.4) is 0 Å². The number of ether oxygens (including phenoxy) is 2. The van der Waals surface area contributed by atoms with E-state index >= 15 is 4.39 Å². The predicted molar refractivity (Wildman–Crippen MR) is 147 cm³/mol. The van der Waals surface area contributed by atoms with Crippen LogP contribution in [0.5, 0.6) is 5.88 Å². The summed E-state index contributed by atoms with van der Waals surface area (Å²) in [7, 11) is 0. The molecule has 1 saturated heterocycles. The van der Waals surface area contributed by atoms with Crippen molar-refractivity contribution in [3.05, 3.63) is 112 Å². The highest BCUT2D eigenvalue weighted by atomic mass is 35.5. The topological polar surface area (TPSA) is 49.2 Å². The van der Waals surface area contributed by atoms with Crippen molar-refractivity contribution in [1.29, 1.82) is 0 Å². The average molecular weight is 546 g/mol. The Labute approximate surface area is 230 Å². The number of fused-ring (bicyclic) bond motifs is 1. The molecule has 6 rings (SSSR count). The van der Waals surface area contributed by atoms with Crippen molar-refractivity contribution in [2.45, 2.75) is 38.5 Å². The molecule has 1 atom stereocenters. The van der Waals surface area contributed by atoms with Crippen molar-refractivity contribution in [3.63, 3.8) is 0 Å². The first-order valence-corrected chi connectivity index (χ1v) is 13.3. The smallest absolute Gasteiger partial charge is 0.214 e. The highest BCUT2D eigenvalue weighted by molar-refractivity contribution is 6.30. The second-order valence-corrected chi connectivity index (χ2v) is 10.1. The quantitative estimate of drug-likeness (QED) is 0.204. The molecular weight excluding hydrogens is 520 g/mol. The highest BCUT2D eigenvalue weighted by Crippen LogP contribution is 2.27. The van der Waals surface area contributed by atoms with Gasteiger partial charge in [0.05, 0.1) is 29.4 Å². The molecule has 2 aromatic heterocycles. The third-order valence-electron chi connectivity index (χ3n) is 6.96. The monoisotopic (exact) mass is 545 g/mol. The molecule has 1 fully saturated rings. The van der Waals surface area contributed by atoms with Crippen molar-refractivity contribution in [3.8, 4) is 17.1 Å². The first-order chi connectivity index (χ1) is 19.0. The molecule has 3 heterocycles. The molecule has 8 heteroatoms. The lowest BCUT2D eigenvalue weighted by atomic mass is 10.1. The van der Waals surface area contributed by atoms with Crippen LogP contribution in [0.25, 0.3) is 22.3 Å². The largest absolute Gasteiger partial charge is 0.473 e. The fourth-order valence-corrected chi connectivity index (χ4v) is 5.08. The standard InChI is InChI=1S/C31H26ClF2N3O2/c32-23-13-12-22(26(34)17-23)19-39-31-9-3-7-27(36-31)21-11-10-20(25(33)15-21)16-30-35-28-6-1-2-8-29(28)37(30)18-24-5-4-14-38-24/h1-3,6-13,15,17,24H,4-5,14,16,18-19H2. The lowest BCUT2D eigenvalue weighted by molar-refractivity contribution is 0.0973. The summed E-state index contributed by atoms with van der Waals surface area (Å²) in [6.07, 6.45) is 2.57. The van der Waals surface area contributed by atoms with Gasteiger partial charge >= 0.3 is 0 Å². The van der Waals surface area contributed by atoms with E-state index in [1.807, 2.05) is 30.3 Å². The normalized spacial score (nSPS) is 15.2. The van der Waals surface area contributed by atoms with Gasteiger partial charge in [0.2, 0.25) is 5.88 Å². The first kappa shape index (κ1) is 25.5. The van der Waals surface area contributed by atoms with Gasteiger partial charge in [0.25, 0.3) is 0 Å².